The van der Waals surface area contributed by atoms with Gasteiger partial charge < -0.3 is 42.8 Å². The molecule has 0 unspecified atom stereocenters. The number of carbonyl (C=O) groups excluding carboxylic acids is 5. The maximum Gasteiger partial charge on any atom is 0.243 e. The minimum absolute atomic E-state index is 0.0623. The van der Waals surface area contributed by atoms with E-state index in [9.17, 15) is 29.1 Å². The van der Waals surface area contributed by atoms with E-state index < -0.39 is 60.2 Å². The van der Waals surface area contributed by atoms with E-state index in [1.165, 1.54) is 12.1 Å². The van der Waals surface area contributed by atoms with Crippen molar-refractivity contribution in [2.24, 2.45) is 17.4 Å². The summed E-state index contributed by atoms with van der Waals surface area (Å²) in [5, 5.41) is 21.1. The Kier molecular flexibility index (Phi) is 13.1. The van der Waals surface area contributed by atoms with Crippen LogP contribution in [0.5, 0.6) is 5.75 Å². The normalized spacial score (nSPS) is 13.5. The second kappa shape index (κ2) is 17.6. The molecule has 1 heterocycles. The lowest BCUT2D eigenvalue weighted by atomic mass is 10.00. The highest BCUT2D eigenvalue weighted by molar-refractivity contribution is 5.95. The highest BCUT2D eigenvalue weighted by Gasteiger charge is 2.30. The fourth-order valence-corrected chi connectivity index (χ4v) is 5.57. The molecule has 4 aromatic rings. The summed E-state index contributed by atoms with van der Waals surface area (Å²) in [6.45, 7) is 3.34. The third kappa shape index (κ3) is 10.9. The van der Waals surface area contributed by atoms with Crippen molar-refractivity contribution < 1.29 is 29.1 Å². The van der Waals surface area contributed by atoms with E-state index in [0.29, 0.717) is 6.42 Å². The van der Waals surface area contributed by atoms with Crippen molar-refractivity contribution in [1.82, 2.24) is 26.3 Å². The van der Waals surface area contributed by atoms with Crippen LogP contribution in [0.15, 0.2) is 85.1 Å². The molecule has 0 saturated carbocycles. The molecule has 0 fully saturated rings. The average molecular weight is 684 g/mol. The predicted molar refractivity (Wildman–Crippen MR) is 189 cm³/mol. The molecule has 13 nitrogen and oxygen atoms in total. The van der Waals surface area contributed by atoms with E-state index in [1.54, 1.807) is 18.3 Å². The van der Waals surface area contributed by atoms with Gasteiger partial charge in [-0.15, -0.1) is 0 Å². The van der Waals surface area contributed by atoms with Crippen molar-refractivity contribution >= 4 is 40.4 Å². The molecule has 0 radical (unpaired) electrons. The Bertz CT molecular complexity index is 1770. The smallest absolute Gasteiger partial charge is 0.243 e. The van der Waals surface area contributed by atoms with Crippen LogP contribution in [0.3, 0.4) is 0 Å². The fraction of sp³-hybridized carbons (Fsp3) is 0.324. The zero-order valence-electron chi connectivity index (χ0n) is 28.1. The Morgan fingerprint density at radius 2 is 1.32 bits per heavy atom. The summed E-state index contributed by atoms with van der Waals surface area (Å²) in [5.41, 5.74) is 14.7. The standard InChI is InChI=1S/C37H45N7O6/c1-22(2)16-30(34(39)47)43-36(49)31(18-23-8-4-3-5-9-23)44-37(50)32(19-25-20-40-29-11-7-6-10-27(25)29)42-33(46)21-41-35(48)28(38)17-24-12-14-26(45)15-13-24/h3-15,20,22,28,30-32,40,45H,16-19,21,38H2,1-2H3,(H2,39,47)(H,41,48)(H,42,46)(H,43,49)(H,44,50)/t28-,30-,31-,32-/m0/s1. The summed E-state index contributed by atoms with van der Waals surface area (Å²) in [5.74, 6) is -3.00. The predicted octanol–water partition coefficient (Wildman–Crippen LogP) is 1.33. The number of benzene rings is 3. The lowest BCUT2D eigenvalue weighted by molar-refractivity contribution is -0.133. The number of amides is 5. The van der Waals surface area contributed by atoms with Crippen LogP contribution in [-0.4, -0.2) is 70.3 Å². The van der Waals surface area contributed by atoms with Crippen molar-refractivity contribution in [3.63, 3.8) is 0 Å². The monoisotopic (exact) mass is 683 g/mol. The number of H-pyrrole nitrogens is 1. The zero-order valence-corrected chi connectivity index (χ0v) is 28.1. The molecule has 0 bridgehead atoms. The summed E-state index contributed by atoms with van der Waals surface area (Å²) < 4.78 is 0. The van der Waals surface area contributed by atoms with Gasteiger partial charge in [0.05, 0.1) is 12.6 Å². The minimum atomic E-state index is -1.15. The SMILES string of the molecule is CC(C)C[C@H](NC(=O)[C@H](Cc1ccccc1)NC(=O)[C@H](Cc1c[nH]c2ccccc12)NC(=O)CNC(=O)[C@@H](N)Cc1ccc(O)cc1)C(N)=O. The summed E-state index contributed by atoms with van der Waals surface area (Å²) in [7, 11) is 0. The van der Waals surface area contributed by atoms with Crippen molar-refractivity contribution in [2.75, 3.05) is 6.54 Å². The average Bonchev–Trinajstić information content (AvgIpc) is 3.50. The highest BCUT2D eigenvalue weighted by Crippen LogP contribution is 2.19. The third-order valence-corrected chi connectivity index (χ3v) is 8.19. The summed E-state index contributed by atoms with van der Waals surface area (Å²) in [4.78, 5) is 68.8. The second-order valence-electron chi connectivity index (χ2n) is 12.7. The number of rotatable bonds is 17. The number of primary amides is 1. The van der Waals surface area contributed by atoms with Crippen LogP contribution in [-0.2, 0) is 43.2 Å². The van der Waals surface area contributed by atoms with Crippen LogP contribution in [0.2, 0.25) is 0 Å². The zero-order chi connectivity index (χ0) is 36.2. The Hall–Kier alpha value is -5.69. The number of hydrogen-bond acceptors (Lipinski definition) is 7. The largest absolute Gasteiger partial charge is 0.508 e. The van der Waals surface area contributed by atoms with Gasteiger partial charge >= 0.3 is 0 Å². The van der Waals surface area contributed by atoms with E-state index in [2.05, 4.69) is 26.3 Å². The molecule has 13 heteroatoms. The fourth-order valence-electron chi connectivity index (χ4n) is 5.57. The first kappa shape index (κ1) is 37.1. The van der Waals surface area contributed by atoms with Gasteiger partial charge in [0.25, 0.3) is 0 Å². The molecule has 4 atom stereocenters. The lowest BCUT2D eigenvalue weighted by Crippen LogP contribution is -2.58. The maximum atomic E-state index is 14.0. The number of aromatic nitrogens is 1. The number of phenolic OH excluding ortho intramolecular Hbond substituents is 1. The second-order valence-corrected chi connectivity index (χ2v) is 12.7. The number of nitrogens with two attached hydrogens (primary N) is 2. The topological polar surface area (TPSA) is 222 Å². The molecule has 0 aliphatic rings. The number of nitrogens with one attached hydrogen (secondary N) is 5. The first-order chi connectivity index (χ1) is 23.9. The van der Waals surface area contributed by atoms with Gasteiger partial charge in [-0.25, -0.2) is 0 Å². The number of hydrogen-bond donors (Lipinski definition) is 8. The van der Waals surface area contributed by atoms with Gasteiger partial charge in [0.1, 0.15) is 23.9 Å². The molecule has 0 aliphatic carbocycles. The molecule has 0 spiro atoms. The van der Waals surface area contributed by atoms with Crippen LogP contribution in [0.4, 0.5) is 0 Å². The summed E-state index contributed by atoms with van der Waals surface area (Å²) in [6.07, 6.45) is 2.41. The van der Waals surface area contributed by atoms with Crippen molar-refractivity contribution in [1.29, 1.82) is 0 Å². The summed E-state index contributed by atoms with van der Waals surface area (Å²) >= 11 is 0. The van der Waals surface area contributed by atoms with Gasteiger partial charge in [0.15, 0.2) is 0 Å². The lowest BCUT2D eigenvalue weighted by Gasteiger charge is -2.25. The van der Waals surface area contributed by atoms with Crippen LogP contribution in [0, 0.1) is 5.92 Å². The molecule has 10 N–H and O–H groups in total. The number of aromatic amines is 1. The molecule has 0 aliphatic heterocycles. The summed E-state index contributed by atoms with van der Waals surface area (Å²) in [6, 6.07) is 18.7. The number of carbonyl (C=O) groups is 5. The molecule has 0 saturated heterocycles. The van der Waals surface area contributed by atoms with Gasteiger partial charge in [-0.2, -0.15) is 0 Å². The van der Waals surface area contributed by atoms with Gasteiger partial charge in [-0.3, -0.25) is 24.0 Å². The quantitative estimate of drug-likeness (QED) is 0.0815. The molecule has 5 amide bonds. The van der Waals surface area contributed by atoms with Crippen molar-refractivity contribution in [2.45, 2.75) is 63.7 Å². The Labute approximate surface area is 290 Å². The number of phenols is 1. The molecule has 3 aromatic carbocycles. The first-order valence-corrected chi connectivity index (χ1v) is 16.5. The van der Waals surface area contributed by atoms with Gasteiger partial charge in [-0.05, 0) is 53.6 Å². The molecular formula is C37H45N7O6. The number of para-hydroxylation sites is 1. The molecule has 50 heavy (non-hydrogen) atoms. The van der Waals surface area contributed by atoms with Crippen LogP contribution >= 0.6 is 0 Å². The maximum absolute atomic E-state index is 14.0. The van der Waals surface area contributed by atoms with E-state index in [-0.39, 0.29) is 30.9 Å². The van der Waals surface area contributed by atoms with Crippen molar-refractivity contribution in [3.05, 3.63) is 102 Å². The van der Waals surface area contributed by atoms with Crippen LogP contribution < -0.4 is 32.7 Å². The molecular weight excluding hydrogens is 638 g/mol. The number of aromatic hydroxyl groups is 1. The first-order valence-electron chi connectivity index (χ1n) is 16.5. The van der Waals surface area contributed by atoms with Crippen LogP contribution in [0.25, 0.3) is 10.9 Å². The van der Waals surface area contributed by atoms with E-state index >= 15 is 0 Å². The van der Waals surface area contributed by atoms with E-state index in [4.69, 9.17) is 11.5 Å². The Balaban J connectivity index is 1.51. The highest BCUT2D eigenvalue weighted by atomic mass is 16.3. The van der Waals surface area contributed by atoms with Crippen LogP contribution in [0.1, 0.15) is 37.0 Å². The van der Waals surface area contributed by atoms with Gasteiger partial charge in [0, 0.05) is 29.9 Å². The van der Waals surface area contributed by atoms with Gasteiger partial charge in [0.2, 0.25) is 29.5 Å². The molecule has 4 rings (SSSR count). The Morgan fingerprint density at radius 3 is 1.98 bits per heavy atom. The Morgan fingerprint density at radius 1 is 0.720 bits per heavy atom. The van der Waals surface area contributed by atoms with Crippen molar-refractivity contribution in [3.8, 4) is 5.75 Å². The van der Waals surface area contributed by atoms with E-state index in [0.717, 1.165) is 27.6 Å². The van der Waals surface area contributed by atoms with Gasteiger partial charge in [-0.1, -0.05) is 74.5 Å². The molecule has 264 valence electrons. The molecule has 1 aromatic heterocycles. The number of fused-ring (bicyclic) bond motifs is 1. The minimum Gasteiger partial charge on any atom is -0.508 e. The van der Waals surface area contributed by atoms with E-state index in [1.807, 2.05) is 68.4 Å². The third-order valence-electron chi connectivity index (χ3n) is 8.19.